The van der Waals surface area contributed by atoms with Gasteiger partial charge in [-0.05, 0) is 49.9 Å². The third-order valence-electron chi connectivity index (χ3n) is 2.73. The standard InChI is InChI=1S/C14H13BrN2O3S/c1-8(2)12-13(19)17(14(20)21-12)7-11(18)16-10-5-3-9(15)4-6-10/h3-6H,7H2,1-2H3,(H,16,18). The molecule has 1 aromatic rings. The number of nitrogens with zero attached hydrogens (tertiary/aromatic N) is 1. The van der Waals surface area contributed by atoms with Gasteiger partial charge in [0.15, 0.2) is 0 Å². The molecule has 1 heterocycles. The van der Waals surface area contributed by atoms with Crippen molar-refractivity contribution in [3.63, 3.8) is 0 Å². The quantitative estimate of drug-likeness (QED) is 0.830. The van der Waals surface area contributed by atoms with Gasteiger partial charge in [0.1, 0.15) is 6.54 Å². The Morgan fingerprint density at radius 3 is 2.38 bits per heavy atom. The van der Waals surface area contributed by atoms with Gasteiger partial charge in [0.05, 0.1) is 4.91 Å². The Balaban J connectivity index is 2.03. The predicted molar refractivity (Wildman–Crippen MR) is 85.8 cm³/mol. The fourth-order valence-electron chi connectivity index (χ4n) is 1.72. The number of allylic oxidation sites excluding steroid dienone is 1. The fraction of sp³-hybridized carbons (Fsp3) is 0.214. The summed E-state index contributed by atoms with van der Waals surface area (Å²) in [4.78, 5) is 37.1. The molecule has 3 amide bonds. The van der Waals surface area contributed by atoms with Gasteiger partial charge < -0.3 is 5.32 Å². The van der Waals surface area contributed by atoms with E-state index in [9.17, 15) is 14.4 Å². The van der Waals surface area contributed by atoms with E-state index in [4.69, 9.17) is 0 Å². The first kappa shape index (κ1) is 15.8. The van der Waals surface area contributed by atoms with E-state index >= 15 is 0 Å². The highest BCUT2D eigenvalue weighted by Gasteiger charge is 2.36. The lowest BCUT2D eigenvalue weighted by Crippen LogP contribution is -2.36. The van der Waals surface area contributed by atoms with Crippen molar-refractivity contribution in [1.82, 2.24) is 4.90 Å². The number of anilines is 1. The Labute approximate surface area is 134 Å². The van der Waals surface area contributed by atoms with Crippen molar-refractivity contribution in [3.05, 3.63) is 39.2 Å². The van der Waals surface area contributed by atoms with Crippen LogP contribution >= 0.6 is 27.7 Å². The van der Waals surface area contributed by atoms with Crippen LogP contribution in [0.25, 0.3) is 0 Å². The molecule has 0 aliphatic carbocycles. The number of hydrogen-bond donors (Lipinski definition) is 1. The SMILES string of the molecule is CC(C)=C1SC(=O)N(CC(=O)Nc2ccc(Br)cc2)C1=O. The van der Waals surface area contributed by atoms with Gasteiger partial charge in [0.25, 0.3) is 11.1 Å². The van der Waals surface area contributed by atoms with Gasteiger partial charge in [0, 0.05) is 10.2 Å². The maximum Gasteiger partial charge on any atom is 0.294 e. The van der Waals surface area contributed by atoms with E-state index in [0.29, 0.717) is 10.6 Å². The van der Waals surface area contributed by atoms with E-state index in [1.54, 1.807) is 38.1 Å². The van der Waals surface area contributed by atoms with Crippen LogP contribution in [0.4, 0.5) is 10.5 Å². The smallest absolute Gasteiger partial charge is 0.294 e. The molecule has 21 heavy (non-hydrogen) atoms. The number of hydrogen-bond acceptors (Lipinski definition) is 4. The van der Waals surface area contributed by atoms with Gasteiger partial charge in [-0.1, -0.05) is 21.5 Å². The van der Waals surface area contributed by atoms with Crippen LogP contribution in [0.1, 0.15) is 13.8 Å². The summed E-state index contributed by atoms with van der Waals surface area (Å²) >= 11 is 4.17. The van der Waals surface area contributed by atoms with Crippen LogP contribution in [-0.4, -0.2) is 28.5 Å². The van der Waals surface area contributed by atoms with Crippen LogP contribution in [0, 0.1) is 0 Å². The average molecular weight is 369 g/mol. The summed E-state index contributed by atoms with van der Waals surface area (Å²) in [7, 11) is 0. The second-order valence-corrected chi connectivity index (χ2v) is 6.52. The van der Waals surface area contributed by atoms with Gasteiger partial charge in [-0.2, -0.15) is 0 Å². The van der Waals surface area contributed by atoms with Crippen molar-refractivity contribution in [3.8, 4) is 0 Å². The number of carbonyl (C=O) groups excluding carboxylic acids is 3. The van der Waals surface area contributed by atoms with Crippen molar-refractivity contribution < 1.29 is 14.4 Å². The minimum absolute atomic E-state index is 0.280. The Kier molecular flexibility index (Phi) is 4.84. The summed E-state index contributed by atoms with van der Waals surface area (Å²) in [6.07, 6.45) is 0. The zero-order valence-corrected chi connectivity index (χ0v) is 13.9. The minimum atomic E-state index is -0.415. The molecule has 5 nitrogen and oxygen atoms in total. The first-order valence-corrected chi connectivity index (χ1v) is 7.76. The van der Waals surface area contributed by atoms with Gasteiger partial charge in [-0.15, -0.1) is 0 Å². The number of benzene rings is 1. The Morgan fingerprint density at radius 2 is 1.86 bits per heavy atom. The lowest BCUT2D eigenvalue weighted by atomic mass is 10.3. The Bertz CT molecular complexity index is 636. The fourth-order valence-corrected chi connectivity index (χ4v) is 2.82. The van der Waals surface area contributed by atoms with Crippen molar-refractivity contribution in [2.75, 3.05) is 11.9 Å². The molecule has 1 aromatic carbocycles. The van der Waals surface area contributed by atoms with Gasteiger partial charge in [0.2, 0.25) is 5.91 Å². The van der Waals surface area contributed by atoms with Crippen LogP contribution in [0.2, 0.25) is 0 Å². The van der Waals surface area contributed by atoms with E-state index in [-0.39, 0.29) is 6.54 Å². The Morgan fingerprint density at radius 1 is 1.24 bits per heavy atom. The molecule has 0 atom stereocenters. The highest BCUT2D eigenvalue weighted by Crippen LogP contribution is 2.32. The number of nitrogens with one attached hydrogen (secondary N) is 1. The van der Waals surface area contributed by atoms with Crippen molar-refractivity contribution >= 4 is 50.4 Å². The second-order valence-electron chi connectivity index (χ2n) is 4.64. The van der Waals surface area contributed by atoms with Gasteiger partial charge in [-0.3, -0.25) is 19.3 Å². The van der Waals surface area contributed by atoms with Crippen molar-refractivity contribution in [1.29, 1.82) is 0 Å². The molecule has 1 saturated heterocycles. The normalized spacial score (nSPS) is 14.6. The molecule has 1 N–H and O–H groups in total. The molecular weight excluding hydrogens is 356 g/mol. The number of carbonyl (C=O) groups is 3. The van der Waals surface area contributed by atoms with Crippen LogP contribution in [0.5, 0.6) is 0 Å². The molecule has 0 saturated carbocycles. The number of imide groups is 1. The summed E-state index contributed by atoms with van der Waals surface area (Å²) in [5, 5.41) is 2.24. The van der Waals surface area contributed by atoms with E-state index in [0.717, 1.165) is 26.7 Å². The third kappa shape index (κ3) is 3.74. The maximum atomic E-state index is 12.0. The van der Waals surface area contributed by atoms with E-state index in [1.165, 1.54) is 0 Å². The summed E-state index contributed by atoms with van der Waals surface area (Å²) < 4.78 is 0.898. The summed E-state index contributed by atoms with van der Waals surface area (Å²) in [6, 6.07) is 7.04. The van der Waals surface area contributed by atoms with E-state index in [2.05, 4.69) is 21.2 Å². The molecule has 0 unspecified atom stereocenters. The summed E-state index contributed by atoms with van der Waals surface area (Å²) in [5.74, 6) is -0.814. The highest BCUT2D eigenvalue weighted by atomic mass is 79.9. The van der Waals surface area contributed by atoms with Crippen LogP contribution in [-0.2, 0) is 9.59 Å². The summed E-state index contributed by atoms with van der Waals surface area (Å²) in [6.45, 7) is 3.25. The first-order chi connectivity index (χ1) is 9.88. The second kappa shape index (κ2) is 6.44. The third-order valence-corrected chi connectivity index (χ3v) is 4.44. The van der Waals surface area contributed by atoms with Gasteiger partial charge in [-0.25, -0.2) is 0 Å². The predicted octanol–water partition coefficient (Wildman–Crippen LogP) is 3.38. The Hall–Kier alpha value is -1.60. The molecule has 0 aromatic heterocycles. The molecule has 1 aliphatic rings. The zero-order valence-electron chi connectivity index (χ0n) is 11.5. The topological polar surface area (TPSA) is 66.5 Å². The molecule has 110 valence electrons. The lowest BCUT2D eigenvalue weighted by Gasteiger charge is -2.12. The van der Waals surface area contributed by atoms with E-state index < -0.39 is 17.1 Å². The lowest BCUT2D eigenvalue weighted by molar-refractivity contribution is -0.127. The maximum absolute atomic E-state index is 12.0. The van der Waals surface area contributed by atoms with Crippen LogP contribution in [0.3, 0.4) is 0 Å². The molecule has 0 bridgehead atoms. The molecule has 0 spiro atoms. The van der Waals surface area contributed by atoms with E-state index in [1.807, 2.05) is 0 Å². The average Bonchev–Trinajstić information content (AvgIpc) is 2.69. The number of thioether (sulfide) groups is 1. The zero-order chi connectivity index (χ0) is 15.6. The molecule has 1 fully saturated rings. The summed E-state index contributed by atoms with van der Waals surface area (Å²) in [5.41, 5.74) is 1.38. The molecule has 1 aliphatic heterocycles. The number of halogens is 1. The van der Waals surface area contributed by atoms with Crippen molar-refractivity contribution in [2.45, 2.75) is 13.8 Å². The number of rotatable bonds is 3. The van der Waals surface area contributed by atoms with Crippen LogP contribution < -0.4 is 5.32 Å². The van der Waals surface area contributed by atoms with Crippen LogP contribution in [0.15, 0.2) is 39.2 Å². The minimum Gasteiger partial charge on any atom is -0.325 e. The van der Waals surface area contributed by atoms with Gasteiger partial charge >= 0.3 is 0 Å². The highest BCUT2D eigenvalue weighted by molar-refractivity contribution is 9.10. The molecule has 2 rings (SSSR count). The molecule has 0 radical (unpaired) electrons. The first-order valence-electron chi connectivity index (χ1n) is 6.15. The monoisotopic (exact) mass is 368 g/mol. The molecular formula is C14H13BrN2O3S. The largest absolute Gasteiger partial charge is 0.325 e. The molecule has 7 heteroatoms. The number of amides is 3. The van der Waals surface area contributed by atoms with Crippen molar-refractivity contribution in [2.24, 2.45) is 0 Å².